The maximum atomic E-state index is 14.4. The molecule has 13 nitrogen and oxygen atoms in total. The van der Waals surface area contributed by atoms with Crippen LogP contribution in [-0.2, 0) is 47.7 Å². The quantitative estimate of drug-likeness (QED) is 0.228. The Labute approximate surface area is 299 Å². The normalized spacial score (nSPS) is 30.8. The summed E-state index contributed by atoms with van der Waals surface area (Å²) in [6.07, 6.45) is -1.87. The summed E-state index contributed by atoms with van der Waals surface area (Å²) >= 11 is 0. The van der Waals surface area contributed by atoms with Crippen molar-refractivity contribution in [3.63, 3.8) is 0 Å². The van der Waals surface area contributed by atoms with E-state index >= 15 is 0 Å². The van der Waals surface area contributed by atoms with Gasteiger partial charge >= 0.3 is 29.8 Å². The molecule has 0 aliphatic heterocycles. The first-order valence-corrected chi connectivity index (χ1v) is 17.1. The Morgan fingerprint density at radius 1 is 0.882 bits per heavy atom. The number of allylic oxidation sites excluding steroid dienone is 1. The van der Waals surface area contributed by atoms with Crippen molar-refractivity contribution in [2.45, 2.75) is 112 Å². The fourth-order valence-electron chi connectivity index (χ4n) is 6.60. The topological polar surface area (TPSA) is 182 Å². The molecule has 9 unspecified atom stereocenters. The lowest BCUT2D eigenvalue weighted by Gasteiger charge is -2.44. The molecule has 0 spiro atoms. The summed E-state index contributed by atoms with van der Waals surface area (Å²) in [6, 6.07) is 3.01. The number of esters is 5. The number of hydrogen-bond acceptors (Lipinski definition) is 13. The Morgan fingerprint density at radius 3 is 2.00 bits per heavy atom. The molecule has 1 heterocycles. The van der Waals surface area contributed by atoms with Gasteiger partial charge in [-0.25, -0.2) is 4.79 Å². The van der Waals surface area contributed by atoms with Crippen molar-refractivity contribution in [1.29, 1.82) is 0 Å². The summed E-state index contributed by atoms with van der Waals surface area (Å²) in [4.78, 5) is 84.1. The highest BCUT2D eigenvalue weighted by Crippen LogP contribution is 2.49. The molecule has 1 aromatic heterocycles. The van der Waals surface area contributed by atoms with E-state index < -0.39 is 107 Å². The van der Waals surface area contributed by atoms with E-state index in [-0.39, 0.29) is 17.6 Å². The first-order chi connectivity index (χ1) is 23.6. The highest BCUT2D eigenvalue weighted by Gasteiger charge is 2.63. The molecule has 0 saturated heterocycles. The number of rotatable bonds is 8. The molecule has 1 aromatic rings. The molecule has 0 aromatic carbocycles. The van der Waals surface area contributed by atoms with E-state index in [1.54, 1.807) is 61.5 Å². The van der Waals surface area contributed by atoms with Gasteiger partial charge in [0.25, 0.3) is 0 Å². The van der Waals surface area contributed by atoms with Gasteiger partial charge in [0.1, 0.15) is 17.8 Å². The Hall–Kier alpha value is -4.39. The second-order valence-electron chi connectivity index (χ2n) is 14.8. The molecule has 2 aliphatic rings. The number of aromatic nitrogens is 1. The Morgan fingerprint density at radius 2 is 1.47 bits per heavy atom. The summed E-state index contributed by atoms with van der Waals surface area (Å²) in [7, 11) is 0. The lowest BCUT2D eigenvalue weighted by Crippen LogP contribution is -2.58. The molecule has 1 saturated carbocycles. The van der Waals surface area contributed by atoms with Crippen molar-refractivity contribution in [2.75, 3.05) is 0 Å². The van der Waals surface area contributed by atoms with Crippen LogP contribution >= 0.6 is 0 Å². The van der Waals surface area contributed by atoms with Crippen molar-refractivity contribution in [3.05, 3.63) is 54.4 Å². The van der Waals surface area contributed by atoms with E-state index in [2.05, 4.69) is 11.6 Å². The zero-order chi connectivity index (χ0) is 38.6. The van der Waals surface area contributed by atoms with Gasteiger partial charge in [-0.2, -0.15) is 0 Å². The van der Waals surface area contributed by atoms with Crippen LogP contribution in [0.3, 0.4) is 0 Å². The number of Topliss-reactive ketones (excluding diaryl/α,β-unsaturated/α-hetero) is 1. The molecule has 51 heavy (non-hydrogen) atoms. The van der Waals surface area contributed by atoms with Gasteiger partial charge in [-0.15, -0.1) is 0 Å². The third kappa shape index (κ3) is 9.29. The summed E-state index contributed by atoms with van der Waals surface area (Å²) in [5.74, 6) is -8.95. The molecule has 1 fully saturated rings. The number of carbonyl (C=O) groups excluding carboxylic acids is 6. The minimum atomic E-state index is -2.24. The summed E-state index contributed by atoms with van der Waals surface area (Å²) < 4.78 is 29.7. The van der Waals surface area contributed by atoms with Crippen LogP contribution in [-0.4, -0.2) is 81.8 Å². The predicted octanol–water partition coefficient (Wildman–Crippen LogP) is 4.35. The van der Waals surface area contributed by atoms with Crippen LogP contribution in [0.15, 0.2) is 48.8 Å². The van der Waals surface area contributed by atoms with E-state index in [4.69, 9.17) is 23.7 Å². The van der Waals surface area contributed by atoms with Crippen LogP contribution < -0.4 is 0 Å². The first-order valence-electron chi connectivity index (χ1n) is 17.1. The van der Waals surface area contributed by atoms with E-state index in [0.717, 1.165) is 13.8 Å². The maximum Gasteiger partial charge on any atom is 0.340 e. The average Bonchev–Trinajstić information content (AvgIpc) is 3.30. The number of nitrogens with zero attached hydrogens (tertiary/aromatic N) is 1. The number of hydrogen-bond donors (Lipinski definition) is 1. The van der Waals surface area contributed by atoms with Gasteiger partial charge in [0, 0.05) is 43.1 Å². The van der Waals surface area contributed by atoms with E-state index in [0.29, 0.717) is 0 Å². The van der Waals surface area contributed by atoms with Gasteiger partial charge in [-0.05, 0) is 24.5 Å². The van der Waals surface area contributed by atoms with Crippen LogP contribution in [0.2, 0.25) is 0 Å². The second-order valence-corrected chi connectivity index (χ2v) is 14.8. The molecule has 3 rings (SSSR count). The zero-order valence-electron chi connectivity index (χ0n) is 31.0. The van der Waals surface area contributed by atoms with Crippen LogP contribution in [0.4, 0.5) is 0 Å². The number of fused-ring (bicyclic) bond motifs is 1. The smallest absolute Gasteiger partial charge is 0.340 e. The molecule has 0 bridgehead atoms. The van der Waals surface area contributed by atoms with Crippen molar-refractivity contribution < 1.29 is 57.6 Å². The van der Waals surface area contributed by atoms with Gasteiger partial charge in [-0.3, -0.25) is 29.0 Å². The number of ether oxygens (including phenoxy) is 5. The van der Waals surface area contributed by atoms with Gasteiger partial charge in [0.05, 0.1) is 23.3 Å². The largest absolute Gasteiger partial charge is 0.461 e. The lowest BCUT2D eigenvalue weighted by atomic mass is 9.72. The zero-order valence-corrected chi connectivity index (χ0v) is 31.0. The molecular weight excluding hydrogens is 662 g/mol. The van der Waals surface area contributed by atoms with E-state index in [1.165, 1.54) is 30.6 Å². The van der Waals surface area contributed by atoms with Crippen molar-refractivity contribution in [2.24, 2.45) is 35.0 Å². The van der Waals surface area contributed by atoms with Crippen molar-refractivity contribution in [3.8, 4) is 0 Å². The highest BCUT2D eigenvalue weighted by molar-refractivity contribution is 5.92. The lowest BCUT2D eigenvalue weighted by molar-refractivity contribution is -0.186. The Balaban J connectivity index is 2.43. The average molecular weight is 714 g/mol. The Kier molecular flexibility index (Phi) is 13.1. The molecule has 9 atom stereocenters. The van der Waals surface area contributed by atoms with Crippen LogP contribution in [0.5, 0.6) is 0 Å². The molecule has 13 heteroatoms. The van der Waals surface area contributed by atoms with E-state index in [9.17, 15) is 33.9 Å². The predicted molar refractivity (Wildman–Crippen MR) is 182 cm³/mol. The number of aliphatic hydroxyl groups is 1. The minimum absolute atomic E-state index is 0.0701. The van der Waals surface area contributed by atoms with Crippen LogP contribution in [0, 0.1) is 35.0 Å². The fourth-order valence-corrected chi connectivity index (χ4v) is 6.60. The minimum Gasteiger partial charge on any atom is -0.461 e. The van der Waals surface area contributed by atoms with Gasteiger partial charge in [-0.1, -0.05) is 74.1 Å². The summed E-state index contributed by atoms with van der Waals surface area (Å²) in [5.41, 5.74) is -3.64. The van der Waals surface area contributed by atoms with Gasteiger partial charge < -0.3 is 28.8 Å². The first kappa shape index (κ1) is 41.0. The molecule has 2 aliphatic carbocycles. The molecule has 1 N–H and O–H groups in total. The highest BCUT2D eigenvalue weighted by atomic mass is 16.6. The molecule has 0 radical (unpaired) electrons. The molecule has 0 amide bonds. The standard InChI is InChI=1S/C38H51NO12/c1-19(2)34(43)49-28-22(6)17-38(46)27(28)29(47-24(8)40)23(7)30(50-35(44)20(3)4)31(48-25(9)41)33(37(10,11)15-14-21(5)32(38)42)51-36(45)26-13-12-16-39-18-26/h12-16,18-22,27-31,33,46H,7,17H2,1-6,8-11H3. The number of pyridine rings is 1. The SMILES string of the molecule is C=C1C(OC(=O)C(C)C)C(OC(C)=O)C(OC(=O)c2cccnc2)C(C)(C)C=CC(C)C(=O)C2(O)CC(C)C(OC(=O)C(C)C)C2C1OC(C)=O. The third-order valence-corrected chi connectivity index (χ3v) is 9.31. The summed E-state index contributed by atoms with van der Waals surface area (Å²) in [5, 5.41) is 12.4. The molecular formula is C38H51NO12. The monoisotopic (exact) mass is 713 g/mol. The van der Waals surface area contributed by atoms with E-state index in [1.807, 2.05) is 0 Å². The van der Waals surface area contributed by atoms with Crippen LogP contribution in [0.1, 0.15) is 86.0 Å². The van der Waals surface area contributed by atoms with Gasteiger partial charge in [0.2, 0.25) is 0 Å². The third-order valence-electron chi connectivity index (χ3n) is 9.31. The molecule has 280 valence electrons. The number of ketones is 1. The number of carbonyl (C=O) groups is 6. The van der Waals surface area contributed by atoms with Crippen LogP contribution in [0.25, 0.3) is 0 Å². The summed E-state index contributed by atoms with van der Waals surface area (Å²) in [6.45, 7) is 19.4. The Bertz CT molecular complexity index is 1530. The fraction of sp³-hybridized carbons (Fsp3) is 0.605. The van der Waals surface area contributed by atoms with Crippen molar-refractivity contribution >= 4 is 35.6 Å². The maximum absolute atomic E-state index is 14.4. The van der Waals surface area contributed by atoms with Crippen molar-refractivity contribution in [1.82, 2.24) is 4.98 Å². The van der Waals surface area contributed by atoms with Gasteiger partial charge in [0.15, 0.2) is 24.1 Å². The second kappa shape index (κ2) is 16.3.